The fourth-order valence-corrected chi connectivity index (χ4v) is 4.95. The Morgan fingerprint density at radius 3 is 2.78 bits per heavy atom. The van der Waals surface area contributed by atoms with Crippen LogP contribution in [0.2, 0.25) is 0 Å². The lowest BCUT2D eigenvalue weighted by Crippen LogP contribution is -2.45. The van der Waals surface area contributed by atoms with E-state index in [-0.39, 0.29) is 50.1 Å². The predicted octanol–water partition coefficient (Wildman–Crippen LogP) is 3.03. The maximum atomic E-state index is 13.6. The number of ether oxygens (including phenoxy) is 3. The largest absolute Gasteiger partial charge is 0.454 e. The van der Waals surface area contributed by atoms with Crippen molar-refractivity contribution in [1.82, 2.24) is 4.90 Å². The zero-order valence-corrected chi connectivity index (χ0v) is 20.6. The van der Waals surface area contributed by atoms with Crippen molar-refractivity contribution < 1.29 is 28.6 Å². The van der Waals surface area contributed by atoms with E-state index < -0.39 is 5.92 Å². The van der Waals surface area contributed by atoms with E-state index in [1.165, 1.54) is 0 Å². The number of fused-ring (bicyclic) bond motifs is 1. The third-order valence-corrected chi connectivity index (χ3v) is 7.11. The van der Waals surface area contributed by atoms with Gasteiger partial charge in [-0.05, 0) is 56.0 Å². The van der Waals surface area contributed by atoms with Gasteiger partial charge in [0.2, 0.25) is 24.5 Å². The molecule has 0 bridgehead atoms. The third-order valence-electron chi connectivity index (χ3n) is 7.11. The van der Waals surface area contributed by atoms with Crippen molar-refractivity contribution in [2.45, 2.75) is 39.2 Å². The molecule has 1 N–H and O–H groups in total. The average Bonchev–Trinajstić information content (AvgIpc) is 3.62. The highest BCUT2D eigenvalue weighted by atomic mass is 16.7. The topological polar surface area (TPSA) is 97.4 Å². The minimum Gasteiger partial charge on any atom is -0.454 e. The van der Waals surface area contributed by atoms with E-state index in [4.69, 9.17) is 14.2 Å². The number of nitrogens with one attached hydrogen (secondary N) is 1. The summed E-state index contributed by atoms with van der Waals surface area (Å²) in [5.41, 5.74) is 3.46. The first-order chi connectivity index (χ1) is 17.4. The highest BCUT2D eigenvalue weighted by molar-refractivity contribution is 6.01. The molecule has 0 aromatic heterocycles. The van der Waals surface area contributed by atoms with Crippen LogP contribution in [-0.4, -0.2) is 61.8 Å². The highest BCUT2D eigenvalue weighted by Crippen LogP contribution is 2.37. The third kappa shape index (κ3) is 5.02. The molecule has 2 aromatic carbocycles. The Bertz CT molecular complexity index is 1180. The lowest BCUT2D eigenvalue weighted by Gasteiger charge is -2.27. The van der Waals surface area contributed by atoms with Crippen LogP contribution < -0.4 is 19.7 Å². The van der Waals surface area contributed by atoms with Gasteiger partial charge in [-0.2, -0.15) is 0 Å². The van der Waals surface area contributed by atoms with E-state index in [0.29, 0.717) is 30.3 Å². The number of aryl methyl sites for hydroxylation is 1. The molecule has 36 heavy (non-hydrogen) atoms. The van der Waals surface area contributed by atoms with Gasteiger partial charge >= 0.3 is 0 Å². The second-order valence-electron chi connectivity index (χ2n) is 9.59. The minimum absolute atomic E-state index is 0.0912. The maximum absolute atomic E-state index is 13.6. The predicted molar refractivity (Wildman–Crippen MR) is 133 cm³/mol. The second-order valence-corrected chi connectivity index (χ2v) is 9.59. The van der Waals surface area contributed by atoms with Crippen molar-refractivity contribution in [2.75, 3.05) is 43.3 Å². The molecule has 3 amide bonds. The molecule has 3 aliphatic rings. The van der Waals surface area contributed by atoms with Crippen molar-refractivity contribution in [3.05, 3.63) is 47.5 Å². The average molecular weight is 494 g/mol. The number of nitrogens with zero attached hydrogens (tertiary/aromatic N) is 2. The van der Waals surface area contributed by atoms with Gasteiger partial charge < -0.3 is 29.3 Å². The molecule has 9 heteroatoms. The molecular weight excluding hydrogens is 462 g/mol. The highest BCUT2D eigenvalue weighted by Gasteiger charge is 2.39. The molecule has 2 atom stereocenters. The van der Waals surface area contributed by atoms with E-state index in [1.54, 1.807) is 28.0 Å². The van der Waals surface area contributed by atoms with Gasteiger partial charge in [-0.3, -0.25) is 14.4 Å². The molecule has 5 rings (SSSR count). The van der Waals surface area contributed by atoms with Gasteiger partial charge in [-0.15, -0.1) is 0 Å². The van der Waals surface area contributed by atoms with Crippen molar-refractivity contribution in [3.8, 4) is 11.5 Å². The molecule has 0 spiro atoms. The first-order valence-corrected chi connectivity index (χ1v) is 12.4. The lowest BCUT2D eigenvalue weighted by atomic mass is 10.1. The van der Waals surface area contributed by atoms with Crippen LogP contribution in [0.15, 0.2) is 36.4 Å². The summed E-state index contributed by atoms with van der Waals surface area (Å²) in [5, 5.41) is 2.94. The Labute approximate surface area is 210 Å². The molecule has 2 saturated heterocycles. The number of anilines is 2. The summed E-state index contributed by atoms with van der Waals surface area (Å²) in [5.74, 6) is 0.0565. The fourth-order valence-electron chi connectivity index (χ4n) is 4.95. The van der Waals surface area contributed by atoms with Gasteiger partial charge in [0.1, 0.15) is 0 Å². The minimum atomic E-state index is -0.544. The molecule has 2 aromatic rings. The van der Waals surface area contributed by atoms with Gasteiger partial charge in [-0.25, -0.2) is 0 Å². The number of benzene rings is 2. The van der Waals surface area contributed by atoms with Crippen molar-refractivity contribution in [3.63, 3.8) is 0 Å². The van der Waals surface area contributed by atoms with Gasteiger partial charge in [0.15, 0.2) is 11.5 Å². The number of hydrogen-bond acceptors (Lipinski definition) is 6. The molecule has 0 radical (unpaired) electrons. The summed E-state index contributed by atoms with van der Waals surface area (Å²) in [4.78, 5) is 42.6. The molecule has 2 fully saturated rings. The standard InChI is InChI=1S/C27H31N3O6/c1-17-5-3-7-22(18(17)2)28-25(31)15-29(14-21-6-4-10-34-21)27(33)19-11-26(32)30(13-19)20-8-9-23-24(12-20)36-16-35-23/h3,5,7-9,12,19,21H,4,6,10-11,13-16H2,1-2H3,(H,28,31). The maximum Gasteiger partial charge on any atom is 0.244 e. The number of rotatable bonds is 7. The Balaban J connectivity index is 1.29. The molecular formula is C27H31N3O6. The summed E-state index contributed by atoms with van der Waals surface area (Å²) in [6.45, 7) is 5.22. The van der Waals surface area contributed by atoms with Gasteiger partial charge in [0.25, 0.3) is 0 Å². The van der Waals surface area contributed by atoms with Crippen molar-refractivity contribution in [2.24, 2.45) is 5.92 Å². The summed E-state index contributed by atoms with van der Waals surface area (Å²) >= 11 is 0. The van der Waals surface area contributed by atoms with Crippen LogP contribution in [0.4, 0.5) is 11.4 Å². The normalized spacial score (nSPS) is 20.6. The van der Waals surface area contributed by atoms with Crippen LogP contribution in [0.5, 0.6) is 11.5 Å². The number of carbonyl (C=O) groups is 3. The van der Waals surface area contributed by atoms with Gasteiger partial charge in [-0.1, -0.05) is 12.1 Å². The van der Waals surface area contributed by atoms with E-state index in [1.807, 2.05) is 32.0 Å². The van der Waals surface area contributed by atoms with Gasteiger partial charge in [0, 0.05) is 43.6 Å². The Hall–Kier alpha value is -3.59. The molecule has 9 nitrogen and oxygen atoms in total. The van der Waals surface area contributed by atoms with E-state index in [0.717, 1.165) is 29.7 Å². The summed E-state index contributed by atoms with van der Waals surface area (Å²) in [6.07, 6.45) is 1.76. The molecule has 3 heterocycles. The van der Waals surface area contributed by atoms with E-state index in [9.17, 15) is 14.4 Å². The monoisotopic (exact) mass is 493 g/mol. The van der Waals surface area contributed by atoms with E-state index >= 15 is 0 Å². The Morgan fingerprint density at radius 1 is 1.14 bits per heavy atom. The molecule has 190 valence electrons. The van der Waals surface area contributed by atoms with Crippen LogP contribution in [0, 0.1) is 19.8 Å². The van der Waals surface area contributed by atoms with E-state index in [2.05, 4.69) is 5.32 Å². The second kappa shape index (κ2) is 10.2. The van der Waals surface area contributed by atoms with Crippen LogP contribution >= 0.6 is 0 Å². The van der Waals surface area contributed by atoms with Crippen molar-refractivity contribution >= 4 is 29.1 Å². The van der Waals surface area contributed by atoms with Gasteiger partial charge in [0.05, 0.1) is 18.6 Å². The molecule has 2 unspecified atom stereocenters. The van der Waals surface area contributed by atoms with Crippen LogP contribution in [0.3, 0.4) is 0 Å². The molecule has 3 aliphatic heterocycles. The fraction of sp³-hybridized carbons (Fsp3) is 0.444. The van der Waals surface area contributed by atoms with Crippen LogP contribution in [0.25, 0.3) is 0 Å². The SMILES string of the molecule is Cc1cccc(NC(=O)CN(CC2CCCO2)C(=O)C2CC(=O)N(c3ccc4c(c3)OCO4)C2)c1C. The number of carbonyl (C=O) groups excluding carboxylic acids is 3. The summed E-state index contributed by atoms with van der Waals surface area (Å²) in [6, 6.07) is 11.0. The first kappa shape index (κ1) is 24.1. The van der Waals surface area contributed by atoms with Crippen LogP contribution in [-0.2, 0) is 19.1 Å². The zero-order valence-electron chi connectivity index (χ0n) is 20.6. The Morgan fingerprint density at radius 2 is 1.97 bits per heavy atom. The quantitative estimate of drug-likeness (QED) is 0.637. The lowest BCUT2D eigenvalue weighted by molar-refractivity contribution is -0.139. The molecule has 0 saturated carbocycles. The first-order valence-electron chi connectivity index (χ1n) is 12.4. The summed E-state index contributed by atoms with van der Waals surface area (Å²) < 4.78 is 16.5. The van der Waals surface area contributed by atoms with Crippen LogP contribution in [0.1, 0.15) is 30.4 Å². The smallest absolute Gasteiger partial charge is 0.244 e. The van der Waals surface area contributed by atoms with Crippen molar-refractivity contribution in [1.29, 1.82) is 0 Å². The number of amides is 3. The molecule has 0 aliphatic carbocycles. The summed E-state index contributed by atoms with van der Waals surface area (Å²) in [7, 11) is 0. The number of hydrogen-bond donors (Lipinski definition) is 1. The zero-order chi connectivity index (χ0) is 25.2. The Kier molecular flexibility index (Phi) is 6.82.